The number of phenolic OH excluding ortho intramolecular Hbond substituents is 1. The summed E-state index contributed by atoms with van der Waals surface area (Å²) in [6.07, 6.45) is 1.42. The van der Waals surface area contributed by atoms with Crippen molar-refractivity contribution in [2.75, 3.05) is 4.90 Å². The summed E-state index contributed by atoms with van der Waals surface area (Å²) in [4.78, 5) is 26.3. The van der Waals surface area contributed by atoms with E-state index < -0.39 is 11.8 Å². The first-order valence-electron chi connectivity index (χ1n) is 7.03. The molecule has 1 fully saturated rings. The minimum Gasteiger partial charge on any atom is -0.507 e. The van der Waals surface area contributed by atoms with Gasteiger partial charge in [0.1, 0.15) is 11.3 Å². The molecule has 126 valence electrons. The molecule has 0 unspecified atom stereocenters. The van der Waals surface area contributed by atoms with Crippen LogP contribution in [0.15, 0.2) is 52.5 Å². The number of carbonyl (C=O) groups excluding carboxylic acids is 2. The SMILES string of the molecule is O=C1NC(=S)N(c2ccccc2Cl)C(=O)C1=Cc1ccc(O)c(Br)c1. The van der Waals surface area contributed by atoms with E-state index in [1.54, 1.807) is 36.4 Å². The van der Waals surface area contributed by atoms with Crippen LogP contribution < -0.4 is 10.2 Å². The number of nitrogens with zero attached hydrogens (tertiary/aromatic N) is 1. The zero-order valence-corrected chi connectivity index (χ0v) is 15.7. The Morgan fingerprint density at radius 1 is 1.20 bits per heavy atom. The Morgan fingerprint density at radius 2 is 1.92 bits per heavy atom. The van der Waals surface area contributed by atoms with Crippen molar-refractivity contribution in [3.05, 3.63) is 63.1 Å². The number of aromatic hydroxyl groups is 1. The number of phenols is 1. The molecule has 2 N–H and O–H groups in total. The Balaban J connectivity index is 2.05. The Labute approximate surface area is 162 Å². The Bertz CT molecular complexity index is 945. The molecule has 0 bridgehead atoms. The maximum absolute atomic E-state index is 12.8. The van der Waals surface area contributed by atoms with Crippen molar-refractivity contribution in [3.8, 4) is 5.75 Å². The molecule has 2 aromatic rings. The van der Waals surface area contributed by atoms with Gasteiger partial charge in [0, 0.05) is 0 Å². The molecule has 2 aromatic carbocycles. The van der Waals surface area contributed by atoms with E-state index in [4.69, 9.17) is 23.8 Å². The predicted octanol–water partition coefficient (Wildman–Crippen LogP) is 3.64. The molecule has 8 heteroatoms. The van der Waals surface area contributed by atoms with E-state index in [9.17, 15) is 14.7 Å². The first kappa shape index (κ1) is 17.6. The smallest absolute Gasteiger partial charge is 0.270 e. The van der Waals surface area contributed by atoms with Gasteiger partial charge in [-0.25, -0.2) is 0 Å². The topological polar surface area (TPSA) is 69.6 Å². The molecule has 1 saturated heterocycles. The van der Waals surface area contributed by atoms with Crippen molar-refractivity contribution in [3.63, 3.8) is 0 Å². The molecule has 1 aliphatic rings. The number of rotatable bonds is 2. The molecule has 0 spiro atoms. The highest BCUT2D eigenvalue weighted by molar-refractivity contribution is 9.10. The summed E-state index contributed by atoms with van der Waals surface area (Å²) in [5, 5.41) is 12.3. The normalized spacial score (nSPS) is 16.3. The molecule has 1 aliphatic heterocycles. The van der Waals surface area contributed by atoms with E-state index in [-0.39, 0.29) is 16.4 Å². The summed E-state index contributed by atoms with van der Waals surface area (Å²) in [6, 6.07) is 11.3. The zero-order chi connectivity index (χ0) is 18.1. The van der Waals surface area contributed by atoms with E-state index in [0.29, 0.717) is 20.7 Å². The minimum atomic E-state index is -0.595. The van der Waals surface area contributed by atoms with Crippen molar-refractivity contribution in [1.82, 2.24) is 5.32 Å². The average molecular weight is 438 g/mol. The number of hydrogen-bond donors (Lipinski definition) is 2. The van der Waals surface area contributed by atoms with Crippen LogP contribution in [0, 0.1) is 0 Å². The van der Waals surface area contributed by atoms with Crippen molar-refractivity contribution < 1.29 is 14.7 Å². The van der Waals surface area contributed by atoms with Gasteiger partial charge >= 0.3 is 0 Å². The van der Waals surface area contributed by atoms with Gasteiger partial charge < -0.3 is 5.11 Å². The monoisotopic (exact) mass is 436 g/mol. The molecule has 25 heavy (non-hydrogen) atoms. The third kappa shape index (κ3) is 3.44. The molecule has 0 aromatic heterocycles. The van der Waals surface area contributed by atoms with Gasteiger partial charge in [-0.15, -0.1) is 0 Å². The van der Waals surface area contributed by atoms with Crippen LogP contribution >= 0.6 is 39.7 Å². The van der Waals surface area contributed by atoms with Crippen LogP contribution in [0.2, 0.25) is 5.02 Å². The second kappa shape index (κ2) is 6.95. The lowest BCUT2D eigenvalue weighted by Crippen LogP contribution is -2.54. The highest BCUT2D eigenvalue weighted by Crippen LogP contribution is 2.30. The minimum absolute atomic E-state index is 0.0351. The third-order valence-electron chi connectivity index (χ3n) is 3.48. The van der Waals surface area contributed by atoms with E-state index in [1.165, 1.54) is 17.0 Å². The molecular weight excluding hydrogens is 428 g/mol. The van der Waals surface area contributed by atoms with E-state index in [1.807, 2.05) is 0 Å². The second-order valence-electron chi connectivity index (χ2n) is 5.12. The standard InChI is InChI=1S/C17H10BrClN2O3S/c18-11-8-9(5-6-14(11)22)7-10-15(23)20-17(25)21(16(10)24)13-4-2-1-3-12(13)19/h1-8,22H,(H,20,23,25). The Kier molecular flexibility index (Phi) is 4.89. The van der Waals surface area contributed by atoms with Crippen LogP contribution in [0.5, 0.6) is 5.75 Å². The van der Waals surface area contributed by atoms with Crippen molar-refractivity contribution in [2.24, 2.45) is 0 Å². The predicted molar refractivity (Wildman–Crippen MR) is 103 cm³/mol. The lowest BCUT2D eigenvalue weighted by Gasteiger charge is -2.29. The summed E-state index contributed by atoms with van der Waals surface area (Å²) in [7, 11) is 0. The molecular formula is C17H10BrClN2O3S. The zero-order valence-electron chi connectivity index (χ0n) is 12.5. The quantitative estimate of drug-likeness (QED) is 0.428. The summed E-state index contributed by atoms with van der Waals surface area (Å²) in [6.45, 7) is 0. The molecule has 2 amide bonds. The van der Waals surface area contributed by atoms with Crippen LogP contribution in [0.4, 0.5) is 5.69 Å². The van der Waals surface area contributed by atoms with Gasteiger partial charge in [0.15, 0.2) is 5.11 Å². The summed E-state index contributed by atoms with van der Waals surface area (Å²) in [5.74, 6) is -1.12. The van der Waals surface area contributed by atoms with E-state index in [0.717, 1.165) is 0 Å². The first-order valence-corrected chi connectivity index (χ1v) is 8.61. The van der Waals surface area contributed by atoms with Gasteiger partial charge in [-0.05, 0) is 64.1 Å². The van der Waals surface area contributed by atoms with Crippen LogP contribution in [0.3, 0.4) is 0 Å². The Morgan fingerprint density at radius 3 is 2.60 bits per heavy atom. The number of para-hydroxylation sites is 1. The van der Waals surface area contributed by atoms with Gasteiger partial charge in [0.2, 0.25) is 0 Å². The van der Waals surface area contributed by atoms with Gasteiger partial charge in [0.05, 0.1) is 15.2 Å². The summed E-state index contributed by atoms with van der Waals surface area (Å²) in [5.41, 5.74) is 0.859. The fourth-order valence-electron chi connectivity index (χ4n) is 2.29. The Hall–Kier alpha value is -2.22. The largest absolute Gasteiger partial charge is 0.507 e. The fourth-order valence-corrected chi connectivity index (χ4v) is 3.18. The molecule has 0 radical (unpaired) electrons. The highest BCUT2D eigenvalue weighted by atomic mass is 79.9. The van der Waals surface area contributed by atoms with E-state index in [2.05, 4.69) is 21.2 Å². The highest BCUT2D eigenvalue weighted by Gasteiger charge is 2.35. The third-order valence-corrected chi connectivity index (χ3v) is 4.72. The second-order valence-corrected chi connectivity index (χ2v) is 6.77. The van der Waals surface area contributed by atoms with Gasteiger partial charge in [0.25, 0.3) is 11.8 Å². The number of thiocarbonyl (C=S) groups is 1. The van der Waals surface area contributed by atoms with Gasteiger partial charge in [-0.2, -0.15) is 0 Å². The molecule has 0 saturated carbocycles. The molecule has 0 atom stereocenters. The number of hydrogen-bond acceptors (Lipinski definition) is 4. The first-order chi connectivity index (χ1) is 11.9. The average Bonchev–Trinajstić information content (AvgIpc) is 2.56. The maximum Gasteiger partial charge on any atom is 0.270 e. The van der Waals surface area contributed by atoms with Crippen molar-refractivity contribution in [1.29, 1.82) is 0 Å². The summed E-state index contributed by atoms with van der Waals surface area (Å²) >= 11 is 14.5. The van der Waals surface area contributed by atoms with Crippen LogP contribution in [0.1, 0.15) is 5.56 Å². The number of benzene rings is 2. The molecule has 1 heterocycles. The number of amides is 2. The molecule has 3 rings (SSSR count). The number of halogens is 2. The van der Waals surface area contributed by atoms with Crippen molar-refractivity contribution >= 4 is 68.4 Å². The lowest BCUT2D eigenvalue weighted by atomic mass is 10.1. The fraction of sp³-hybridized carbons (Fsp3) is 0. The van der Waals surface area contributed by atoms with Crippen LogP contribution in [-0.4, -0.2) is 22.0 Å². The van der Waals surface area contributed by atoms with Crippen LogP contribution in [0.25, 0.3) is 6.08 Å². The number of anilines is 1. The van der Waals surface area contributed by atoms with Gasteiger partial charge in [-0.3, -0.25) is 19.8 Å². The van der Waals surface area contributed by atoms with E-state index >= 15 is 0 Å². The molecule has 5 nitrogen and oxygen atoms in total. The number of nitrogens with one attached hydrogen (secondary N) is 1. The van der Waals surface area contributed by atoms with Crippen molar-refractivity contribution in [2.45, 2.75) is 0 Å². The van der Waals surface area contributed by atoms with Crippen LogP contribution in [-0.2, 0) is 9.59 Å². The summed E-state index contributed by atoms with van der Waals surface area (Å²) < 4.78 is 0.448. The van der Waals surface area contributed by atoms with Gasteiger partial charge in [-0.1, -0.05) is 29.8 Å². The number of carbonyl (C=O) groups is 2. The molecule has 0 aliphatic carbocycles. The maximum atomic E-state index is 12.8. The lowest BCUT2D eigenvalue weighted by molar-refractivity contribution is -0.122.